The van der Waals surface area contributed by atoms with Crippen molar-refractivity contribution in [1.82, 2.24) is 0 Å². The highest BCUT2D eigenvalue weighted by atomic mass is 35.5. The zero-order chi connectivity index (χ0) is 14.7. The largest absolute Gasteiger partial charge is 0.479 e. The molecule has 0 radical (unpaired) electrons. The number of aliphatic carboxylic acids is 1. The number of hydrogen-bond donors (Lipinski definition) is 1. The van der Waals surface area contributed by atoms with Crippen LogP contribution in [0.2, 0.25) is 10.0 Å². The summed E-state index contributed by atoms with van der Waals surface area (Å²) in [5.74, 6) is -0.935. The number of halogens is 2. The van der Waals surface area contributed by atoms with E-state index in [0.29, 0.717) is 21.3 Å². The van der Waals surface area contributed by atoms with Crippen LogP contribution in [-0.2, 0) is 4.79 Å². The second kappa shape index (κ2) is 6.16. The van der Waals surface area contributed by atoms with Gasteiger partial charge in [-0.3, -0.25) is 0 Å². The fourth-order valence-electron chi connectivity index (χ4n) is 2.06. The van der Waals surface area contributed by atoms with Crippen LogP contribution < -0.4 is 4.90 Å². The van der Waals surface area contributed by atoms with Gasteiger partial charge in [-0.2, -0.15) is 0 Å². The van der Waals surface area contributed by atoms with Crippen molar-refractivity contribution in [2.45, 2.75) is 6.04 Å². The van der Waals surface area contributed by atoms with Gasteiger partial charge in [-0.05, 0) is 23.8 Å². The lowest BCUT2D eigenvalue weighted by Crippen LogP contribution is -2.30. The summed E-state index contributed by atoms with van der Waals surface area (Å²) in [6.07, 6.45) is 0. The van der Waals surface area contributed by atoms with Crippen molar-refractivity contribution < 1.29 is 9.90 Å². The third-order valence-electron chi connectivity index (χ3n) is 2.99. The van der Waals surface area contributed by atoms with Crippen LogP contribution in [0.4, 0.5) is 5.69 Å². The first kappa shape index (κ1) is 14.7. The van der Waals surface area contributed by atoms with Crippen molar-refractivity contribution >= 4 is 34.9 Å². The molecule has 0 aromatic heterocycles. The molecule has 0 spiro atoms. The molecule has 20 heavy (non-hydrogen) atoms. The highest BCUT2D eigenvalue weighted by Crippen LogP contribution is 2.30. The van der Waals surface area contributed by atoms with E-state index >= 15 is 0 Å². The molecule has 2 aromatic carbocycles. The Morgan fingerprint density at radius 3 is 2.15 bits per heavy atom. The molecule has 1 atom stereocenters. The van der Waals surface area contributed by atoms with E-state index in [1.807, 2.05) is 18.2 Å². The molecule has 1 unspecified atom stereocenters. The van der Waals surface area contributed by atoms with E-state index < -0.39 is 12.0 Å². The zero-order valence-corrected chi connectivity index (χ0v) is 12.3. The van der Waals surface area contributed by atoms with Crippen molar-refractivity contribution in [2.75, 3.05) is 11.9 Å². The van der Waals surface area contributed by atoms with Crippen LogP contribution in [-0.4, -0.2) is 18.1 Å². The minimum atomic E-state index is -0.935. The summed E-state index contributed by atoms with van der Waals surface area (Å²) in [6, 6.07) is 13.2. The van der Waals surface area contributed by atoms with Gasteiger partial charge in [-0.15, -0.1) is 0 Å². The third kappa shape index (κ3) is 3.24. The first-order valence-electron chi connectivity index (χ1n) is 5.95. The molecule has 0 saturated heterocycles. The van der Waals surface area contributed by atoms with Crippen molar-refractivity contribution in [3.63, 3.8) is 0 Å². The number of carbonyl (C=O) groups is 1. The third-order valence-corrected chi connectivity index (χ3v) is 3.43. The normalized spacial score (nSPS) is 11.9. The maximum absolute atomic E-state index is 11.6. The number of likely N-dealkylation sites (N-methyl/N-ethyl adjacent to an activating group) is 1. The van der Waals surface area contributed by atoms with E-state index in [-0.39, 0.29) is 0 Å². The zero-order valence-electron chi connectivity index (χ0n) is 10.8. The van der Waals surface area contributed by atoms with E-state index in [2.05, 4.69) is 0 Å². The number of rotatable bonds is 4. The van der Waals surface area contributed by atoms with E-state index in [4.69, 9.17) is 23.2 Å². The number of carboxylic acid groups (broad SMARTS) is 1. The number of anilines is 1. The van der Waals surface area contributed by atoms with Gasteiger partial charge < -0.3 is 10.0 Å². The van der Waals surface area contributed by atoms with Crippen molar-refractivity contribution in [1.29, 1.82) is 0 Å². The predicted molar refractivity (Wildman–Crippen MR) is 81.7 cm³/mol. The lowest BCUT2D eigenvalue weighted by Gasteiger charge is -2.27. The maximum Gasteiger partial charge on any atom is 0.331 e. The smallest absolute Gasteiger partial charge is 0.331 e. The number of nitrogens with zero attached hydrogens (tertiary/aromatic N) is 1. The number of carboxylic acids is 1. The highest BCUT2D eigenvalue weighted by Gasteiger charge is 2.25. The second-order valence-electron chi connectivity index (χ2n) is 4.39. The van der Waals surface area contributed by atoms with Gasteiger partial charge in [0.1, 0.15) is 0 Å². The number of benzene rings is 2. The Morgan fingerprint density at radius 1 is 1.10 bits per heavy atom. The molecule has 2 rings (SSSR count). The molecule has 104 valence electrons. The number of hydrogen-bond acceptors (Lipinski definition) is 2. The standard InChI is InChI=1S/C15H13Cl2NO2/c1-18(13-8-11(16)7-12(17)9-13)14(15(19)20)10-5-3-2-4-6-10/h2-9,14H,1H3,(H,19,20). The van der Waals surface area contributed by atoms with Crippen LogP contribution in [0.1, 0.15) is 11.6 Å². The van der Waals surface area contributed by atoms with Crippen LogP contribution in [0.15, 0.2) is 48.5 Å². The molecule has 5 heteroatoms. The van der Waals surface area contributed by atoms with Crippen LogP contribution >= 0.6 is 23.2 Å². The first-order chi connectivity index (χ1) is 9.49. The van der Waals surface area contributed by atoms with Crippen molar-refractivity contribution in [2.24, 2.45) is 0 Å². The molecular weight excluding hydrogens is 297 g/mol. The SMILES string of the molecule is CN(c1cc(Cl)cc(Cl)c1)C(C(=O)O)c1ccccc1. The predicted octanol–water partition coefficient (Wildman–Crippen LogP) is 4.26. The molecule has 0 aliphatic rings. The van der Waals surface area contributed by atoms with Crippen LogP contribution in [0.5, 0.6) is 0 Å². The Morgan fingerprint density at radius 2 is 1.65 bits per heavy atom. The van der Waals surface area contributed by atoms with E-state index in [1.165, 1.54) is 0 Å². The van der Waals surface area contributed by atoms with Crippen molar-refractivity contribution in [3.8, 4) is 0 Å². The summed E-state index contributed by atoms with van der Waals surface area (Å²) in [6.45, 7) is 0. The molecule has 0 aliphatic carbocycles. The Labute approximate surface area is 127 Å². The van der Waals surface area contributed by atoms with Gasteiger partial charge in [-0.1, -0.05) is 53.5 Å². The van der Waals surface area contributed by atoms with E-state index in [9.17, 15) is 9.90 Å². The average Bonchev–Trinajstić information content (AvgIpc) is 2.38. The van der Waals surface area contributed by atoms with E-state index in [0.717, 1.165) is 0 Å². The summed E-state index contributed by atoms with van der Waals surface area (Å²) in [7, 11) is 1.70. The summed E-state index contributed by atoms with van der Waals surface area (Å²) in [4.78, 5) is 13.2. The monoisotopic (exact) mass is 309 g/mol. The molecule has 0 aliphatic heterocycles. The molecular formula is C15H13Cl2NO2. The van der Waals surface area contributed by atoms with Gasteiger partial charge in [0.25, 0.3) is 0 Å². The van der Waals surface area contributed by atoms with Crippen molar-refractivity contribution in [3.05, 3.63) is 64.1 Å². The lowest BCUT2D eigenvalue weighted by molar-refractivity contribution is -0.138. The fraction of sp³-hybridized carbons (Fsp3) is 0.133. The molecule has 0 saturated carbocycles. The topological polar surface area (TPSA) is 40.5 Å². The first-order valence-corrected chi connectivity index (χ1v) is 6.71. The Bertz CT molecular complexity index is 596. The van der Waals surface area contributed by atoms with Crippen LogP contribution in [0.3, 0.4) is 0 Å². The highest BCUT2D eigenvalue weighted by molar-refractivity contribution is 6.35. The van der Waals surface area contributed by atoms with Gasteiger partial charge in [0.05, 0.1) is 0 Å². The molecule has 3 nitrogen and oxygen atoms in total. The molecule has 0 heterocycles. The molecule has 1 N–H and O–H groups in total. The van der Waals surface area contributed by atoms with Crippen LogP contribution in [0, 0.1) is 0 Å². The van der Waals surface area contributed by atoms with Gasteiger partial charge >= 0.3 is 5.97 Å². The second-order valence-corrected chi connectivity index (χ2v) is 5.26. The molecule has 0 bridgehead atoms. The average molecular weight is 310 g/mol. The Hall–Kier alpha value is -1.71. The van der Waals surface area contributed by atoms with Gasteiger partial charge in [0, 0.05) is 22.8 Å². The van der Waals surface area contributed by atoms with Crippen LogP contribution in [0.25, 0.3) is 0 Å². The van der Waals surface area contributed by atoms with Gasteiger partial charge in [-0.25, -0.2) is 4.79 Å². The van der Waals surface area contributed by atoms with E-state index in [1.54, 1.807) is 42.3 Å². The Kier molecular flexibility index (Phi) is 4.53. The molecule has 0 fully saturated rings. The molecule has 2 aromatic rings. The fourth-order valence-corrected chi connectivity index (χ4v) is 2.57. The quantitative estimate of drug-likeness (QED) is 0.917. The summed E-state index contributed by atoms with van der Waals surface area (Å²) in [5.41, 5.74) is 1.34. The summed E-state index contributed by atoms with van der Waals surface area (Å²) in [5, 5.41) is 10.4. The lowest BCUT2D eigenvalue weighted by atomic mass is 10.1. The maximum atomic E-state index is 11.6. The summed E-state index contributed by atoms with van der Waals surface area (Å²) >= 11 is 11.9. The minimum Gasteiger partial charge on any atom is -0.479 e. The van der Waals surface area contributed by atoms with Gasteiger partial charge in [0.15, 0.2) is 6.04 Å². The Balaban J connectivity index is 2.42. The van der Waals surface area contributed by atoms with Gasteiger partial charge in [0.2, 0.25) is 0 Å². The molecule has 0 amide bonds. The summed E-state index contributed by atoms with van der Waals surface area (Å²) < 4.78 is 0. The minimum absolute atomic E-state index is 0.469.